The maximum absolute atomic E-state index is 4.90. The van der Waals surface area contributed by atoms with Gasteiger partial charge >= 0.3 is 0 Å². The number of hydrogen-bond acceptors (Lipinski definition) is 2. The monoisotopic (exact) mass is 728 g/mol. The minimum atomic E-state index is 0.228. The number of hydrogen-bond donors (Lipinski definition) is 0. The molecule has 1 aromatic heterocycles. The van der Waals surface area contributed by atoms with Crippen molar-refractivity contribution in [3.05, 3.63) is 223 Å². The number of benzene rings is 8. The first-order chi connectivity index (χ1) is 28.3. The van der Waals surface area contributed by atoms with E-state index in [4.69, 9.17) is 4.98 Å². The topological polar surface area (TPSA) is 16.1 Å². The van der Waals surface area contributed by atoms with E-state index in [1.54, 1.807) is 0 Å². The summed E-state index contributed by atoms with van der Waals surface area (Å²) in [5.74, 6) is 1.42. The fraction of sp³-hybridized carbons (Fsp3) is 0.0727. The van der Waals surface area contributed by atoms with E-state index in [0.717, 1.165) is 23.6 Å². The van der Waals surface area contributed by atoms with Crippen molar-refractivity contribution in [1.29, 1.82) is 0 Å². The molecular formula is C55H40N2. The molecular weight excluding hydrogens is 689 g/mol. The summed E-state index contributed by atoms with van der Waals surface area (Å²) < 4.78 is 0. The molecule has 0 N–H and O–H groups in total. The van der Waals surface area contributed by atoms with Crippen LogP contribution in [0, 0.1) is 5.92 Å². The third kappa shape index (κ3) is 5.29. The molecule has 0 bridgehead atoms. The summed E-state index contributed by atoms with van der Waals surface area (Å²) >= 11 is 0. The van der Waals surface area contributed by atoms with Crippen LogP contribution in [0.4, 0.5) is 17.2 Å². The van der Waals surface area contributed by atoms with Crippen molar-refractivity contribution in [2.75, 3.05) is 4.90 Å². The first-order valence-corrected chi connectivity index (χ1v) is 20.1. The fourth-order valence-corrected chi connectivity index (χ4v) is 9.90. The summed E-state index contributed by atoms with van der Waals surface area (Å²) in [6.45, 7) is 2.37. The highest BCUT2D eigenvalue weighted by molar-refractivity contribution is 6.15. The number of anilines is 3. The van der Waals surface area contributed by atoms with Gasteiger partial charge in [0.1, 0.15) is 5.82 Å². The molecule has 0 amide bonds. The van der Waals surface area contributed by atoms with Gasteiger partial charge in [0.2, 0.25) is 0 Å². The molecule has 0 radical (unpaired) electrons. The van der Waals surface area contributed by atoms with Crippen LogP contribution < -0.4 is 4.90 Å². The molecule has 9 aromatic rings. The van der Waals surface area contributed by atoms with E-state index in [1.165, 1.54) is 82.8 Å². The molecule has 2 nitrogen and oxygen atoms in total. The van der Waals surface area contributed by atoms with Gasteiger partial charge in [0, 0.05) is 23.2 Å². The Kier molecular flexibility index (Phi) is 7.96. The molecule has 0 saturated carbocycles. The minimum Gasteiger partial charge on any atom is -0.294 e. The highest BCUT2D eigenvalue weighted by Gasteiger charge is 2.42. The second-order valence-electron chi connectivity index (χ2n) is 15.3. The second-order valence-corrected chi connectivity index (χ2v) is 15.3. The largest absolute Gasteiger partial charge is 0.294 e. The molecule has 2 atom stereocenters. The molecule has 57 heavy (non-hydrogen) atoms. The molecule has 270 valence electrons. The van der Waals surface area contributed by atoms with Gasteiger partial charge in [0.05, 0.1) is 5.69 Å². The zero-order chi connectivity index (χ0) is 37.9. The zero-order valence-corrected chi connectivity index (χ0v) is 31.8. The predicted octanol–water partition coefficient (Wildman–Crippen LogP) is 14.8. The first kappa shape index (κ1) is 33.3. The Morgan fingerprint density at radius 2 is 1.11 bits per heavy atom. The van der Waals surface area contributed by atoms with Gasteiger partial charge in [-0.05, 0) is 120 Å². The minimum absolute atomic E-state index is 0.228. The molecule has 0 spiro atoms. The summed E-state index contributed by atoms with van der Waals surface area (Å²) in [4.78, 5) is 7.21. The Hall–Kier alpha value is -7.03. The highest BCUT2D eigenvalue weighted by atomic mass is 15.2. The summed E-state index contributed by atoms with van der Waals surface area (Å²) in [5, 5.41) is 5.01. The van der Waals surface area contributed by atoms with E-state index in [1.807, 2.05) is 12.3 Å². The van der Waals surface area contributed by atoms with Crippen LogP contribution in [0.25, 0.3) is 60.5 Å². The molecule has 0 saturated heterocycles. The van der Waals surface area contributed by atoms with Crippen molar-refractivity contribution in [2.45, 2.75) is 19.3 Å². The zero-order valence-electron chi connectivity index (χ0n) is 31.8. The molecule has 0 aliphatic heterocycles. The number of aromatic nitrogens is 1. The van der Waals surface area contributed by atoms with Crippen LogP contribution in [-0.2, 0) is 0 Å². The van der Waals surface area contributed by atoms with Crippen LogP contribution in [0.1, 0.15) is 41.5 Å². The quantitative estimate of drug-likeness (QED) is 0.162. The Labute approximate surface area is 334 Å². The number of nitrogens with zero attached hydrogens (tertiary/aromatic N) is 2. The van der Waals surface area contributed by atoms with Crippen LogP contribution >= 0.6 is 0 Å². The summed E-state index contributed by atoms with van der Waals surface area (Å²) in [5.41, 5.74) is 17.0. The smallest absolute Gasteiger partial charge is 0.137 e. The third-order valence-corrected chi connectivity index (χ3v) is 12.2. The second kappa shape index (κ2) is 13.6. The molecule has 1 heterocycles. The number of rotatable bonds is 7. The lowest BCUT2D eigenvalue weighted by Crippen LogP contribution is -2.17. The van der Waals surface area contributed by atoms with E-state index in [2.05, 4.69) is 200 Å². The van der Waals surface area contributed by atoms with Gasteiger partial charge in [-0.25, -0.2) is 4.98 Å². The lowest BCUT2D eigenvalue weighted by atomic mass is 9.71. The van der Waals surface area contributed by atoms with Crippen molar-refractivity contribution < 1.29 is 0 Å². The van der Waals surface area contributed by atoms with Crippen molar-refractivity contribution in [2.24, 2.45) is 5.92 Å². The van der Waals surface area contributed by atoms with Gasteiger partial charge < -0.3 is 0 Å². The van der Waals surface area contributed by atoms with Gasteiger partial charge in [-0.2, -0.15) is 0 Å². The van der Waals surface area contributed by atoms with Gasteiger partial charge in [-0.15, -0.1) is 0 Å². The Morgan fingerprint density at radius 3 is 1.86 bits per heavy atom. The summed E-state index contributed by atoms with van der Waals surface area (Å²) in [6.07, 6.45) is 5.51. The van der Waals surface area contributed by atoms with Crippen molar-refractivity contribution in [3.63, 3.8) is 0 Å². The molecule has 0 fully saturated rings. The van der Waals surface area contributed by atoms with E-state index >= 15 is 0 Å². The van der Waals surface area contributed by atoms with E-state index in [-0.39, 0.29) is 5.92 Å². The number of allylic oxidation sites excluding steroid dienone is 1. The molecule has 11 rings (SSSR count). The average molecular weight is 729 g/mol. The Morgan fingerprint density at radius 1 is 0.491 bits per heavy atom. The van der Waals surface area contributed by atoms with Crippen molar-refractivity contribution in [3.8, 4) is 33.4 Å². The lowest BCUT2D eigenvalue weighted by molar-refractivity contribution is 0.555. The highest BCUT2D eigenvalue weighted by Crippen LogP contribution is 2.61. The summed E-state index contributed by atoms with van der Waals surface area (Å²) in [7, 11) is 0. The first-order valence-electron chi connectivity index (χ1n) is 20.1. The van der Waals surface area contributed by atoms with Gasteiger partial charge in [-0.3, -0.25) is 4.90 Å². The maximum atomic E-state index is 4.90. The van der Waals surface area contributed by atoms with Gasteiger partial charge in [0.15, 0.2) is 0 Å². The molecule has 8 aromatic carbocycles. The number of fused-ring (bicyclic) bond motifs is 5. The SMILES string of the molecule is CCC1C=C(c2cccc(N(c3ccccn3)c3cccc4ccccc34)c2)c2cccc3c2C1c1c-3c(-c2ccccc2)c2ccccc2c1-c1ccccc1. The van der Waals surface area contributed by atoms with Crippen LogP contribution in [0.5, 0.6) is 0 Å². The van der Waals surface area contributed by atoms with Crippen molar-refractivity contribution in [1.82, 2.24) is 4.98 Å². The van der Waals surface area contributed by atoms with Crippen LogP contribution in [0.3, 0.4) is 0 Å². The molecule has 2 unspecified atom stereocenters. The average Bonchev–Trinajstić information content (AvgIpc) is 3.62. The third-order valence-electron chi connectivity index (χ3n) is 12.2. The lowest BCUT2D eigenvalue weighted by Gasteiger charge is -2.32. The Bertz CT molecular complexity index is 3000. The van der Waals surface area contributed by atoms with Crippen LogP contribution in [-0.4, -0.2) is 4.98 Å². The molecule has 2 aliphatic carbocycles. The van der Waals surface area contributed by atoms with Crippen LogP contribution in [0.15, 0.2) is 200 Å². The van der Waals surface area contributed by atoms with E-state index < -0.39 is 0 Å². The maximum Gasteiger partial charge on any atom is 0.137 e. The molecule has 2 aliphatic rings. The Balaban J connectivity index is 1.15. The fourth-order valence-electron chi connectivity index (χ4n) is 9.90. The number of pyridine rings is 1. The van der Waals surface area contributed by atoms with E-state index in [9.17, 15) is 0 Å². The van der Waals surface area contributed by atoms with Gasteiger partial charge in [0.25, 0.3) is 0 Å². The summed E-state index contributed by atoms with van der Waals surface area (Å²) in [6, 6.07) is 68.7. The van der Waals surface area contributed by atoms with Gasteiger partial charge in [-0.1, -0.05) is 171 Å². The molecule has 2 heteroatoms. The predicted molar refractivity (Wildman–Crippen MR) is 239 cm³/mol. The van der Waals surface area contributed by atoms with Crippen LogP contribution in [0.2, 0.25) is 0 Å². The standard InChI is InChI=1S/C55H40N2/c1-2-36-35-47(40-24-15-25-41(34-40)57(49-32-13-14-33-56-49)48-31-16-23-37-18-9-10-26-42(37)48)45-29-17-30-46-53(45)52(36)55-51(39-21-7-4-8-22-39)44-28-12-11-27-43(44)50(54(46)55)38-19-5-3-6-20-38/h3-36,52H,2H2,1H3. The van der Waals surface area contributed by atoms with Crippen molar-refractivity contribution >= 4 is 44.3 Å². The normalized spacial score (nSPS) is 15.3. The van der Waals surface area contributed by atoms with E-state index in [0.29, 0.717) is 5.92 Å².